The normalized spacial score (nSPS) is 10.5. The lowest BCUT2D eigenvalue weighted by atomic mass is 10.1. The number of nitrogens with one attached hydrogen (secondary N) is 1. The topological polar surface area (TPSA) is 95.4 Å². The van der Waals surface area contributed by atoms with E-state index in [-0.39, 0.29) is 28.5 Å². The van der Waals surface area contributed by atoms with Gasteiger partial charge >= 0.3 is 5.97 Å². The molecule has 0 atom stereocenters. The zero-order chi connectivity index (χ0) is 14.2. The molecular formula is C12H11FN2O4. The van der Waals surface area contributed by atoms with Crippen molar-refractivity contribution in [2.24, 2.45) is 0 Å². The average molecular weight is 266 g/mol. The summed E-state index contributed by atoms with van der Waals surface area (Å²) < 4.78 is 18.9. The summed E-state index contributed by atoms with van der Waals surface area (Å²) in [6.45, 7) is 1.57. The van der Waals surface area contributed by atoms with E-state index in [4.69, 9.17) is 9.84 Å². The summed E-state index contributed by atoms with van der Waals surface area (Å²) in [5.41, 5.74) is 0.416. The number of rotatable bonds is 3. The van der Waals surface area contributed by atoms with Crippen molar-refractivity contribution in [2.75, 3.05) is 7.11 Å². The number of phenolic OH excluding ortho intramolecular Hbond substituents is 1. The molecule has 0 amide bonds. The molecule has 0 unspecified atom stereocenters. The molecule has 100 valence electrons. The first-order chi connectivity index (χ1) is 8.95. The second-order valence-electron chi connectivity index (χ2n) is 3.91. The molecule has 1 aromatic heterocycles. The first-order valence-corrected chi connectivity index (χ1v) is 5.30. The molecule has 0 saturated heterocycles. The first-order valence-electron chi connectivity index (χ1n) is 5.30. The van der Waals surface area contributed by atoms with Gasteiger partial charge in [-0.2, -0.15) is 5.10 Å². The number of ether oxygens (including phenoxy) is 1. The van der Waals surface area contributed by atoms with E-state index < -0.39 is 11.8 Å². The SMILES string of the molecule is COc1c(O)c(C)cc(-c2cc(C(=O)O)[nH]n2)c1F. The van der Waals surface area contributed by atoms with Gasteiger partial charge in [0, 0.05) is 5.56 Å². The van der Waals surface area contributed by atoms with E-state index in [0.29, 0.717) is 5.56 Å². The number of carboxylic acids is 1. The van der Waals surface area contributed by atoms with Crippen LogP contribution < -0.4 is 4.74 Å². The van der Waals surface area contributed by atoms with Gasteiger partial charge in [-0.25, -0.2) is 9.18 Å². The summed E-state index contributed by atoms with van der Waals surface area (Å²) in [6, 6.07) is 2.58. The summed E-state index contributed by atoms with van der Waals surface area (Å²) in [4.78, 5) is 10.7. The van der Waals surface area contributed by atoms with E-state index in [0.717, 1.165) is 0 Å². The monoisotopic (exact) mass is 266 g/mol. The van der Waals surface area contributed by atoms with E-state index >= 15 is 0 Å². The minimum atomic E-state index is -1.19. The van der Waals surface area contributed by atoms with E-state index in [1.807, 2.05) is 0 Å². The number of aromatic nitrogens is 2. The molecule has 0 aliphatic carbocycles. The van der Waals surface area contributed by atoms with Gasteiger partial charge in [0.1, 0.15) is 5.69 Å². The fourth-order valence-electron chi connectivity index (χ4n) is 1.70. The fourth-order valence-corrected chi connectivity index (χ4v) is 1.70. The third kappa shape index (κ3) is 2.10. The Balaban J connectivity index is 2.61. The molecule has 7 heteroatoms. The largest absolute Gasteiger partial charge is 0.504 e. The molecule has 1 aromatic carbocycles. The highest BCUT2D eigenvalue weighted by molar-refractivity contribution is 5.87. The molecule has 1 heterocycles. The van der Waals surface area contributed by atoms with Crippen LogP contribution in [-0.2, 0) is 0 Å². The van der Waals surface area contributed by atoms with Crippen molar-refractivity contribution in [3.8, 4) is 22.8 Å². The molecule has 19 heavy (non-hydrogen) atoms. The average Bonchev–Trinajstić information content (AvgIpc) is 2.84. The number of carboxylic acid groups (broad SMARTS) is 1. The van der Waals surface area contributed by atoms with Gasteiger partial charge < -0.3 is 14.9 Å². The molecule has 2 aromatic rings. The van der Waals surface area contributed by atoms with Crippen LogP contribution in [0.2, 0.25) is 0 Å². The number of aromatic carboxylic acids is 1. The van der Waals surface area contributed by atoms with Gasteiger partial charge in [-0.15, -0.1) is 0 Å². The number of phenols is 1. The summed E-state index contributed by atoms with van der Waals surface area (Å²) in [5.74, 6) is -2.58. The lowest BCUT2D eigenvalue weighted by molar-refractivity contribution is 0.0690. The van der Waals surface area contributed by atoms with Crippen molar-refractivity contribution >= 4 is 5.97 Å². The Labute approximate surface area is 107 Å². The number of methoxy groups -OCH3 is 1. The standard InChI is InChI=1S/C12H11FN2O4/c1-5-3-6(9(13)11(19-2)10(5)16)7-4-8(12(17)18)15-14-7/h3-4,16H,1-2H3,(H,14,15)(H,17,18). The van der Waals surface area contributed by atoms with Crippen LogP contribution in [0.3, 0.4) is 0 Å². The molecule has 0 spiro atoms. The van der Waals surface area contributed by atoms with Gasteiger partial charge in [-0.1, -0.05) is 0 Å². The van der Waals surface area contributed by atoms with Crippen molar-refractivity contribution in [3.05, 3.63) is 29.2 Å². The molecule has 0 aliphatic heterocycles. The number of aromatic hydroxyl groups is 1. The van der Waals surface area contributed by atoms with Gasteiger partial charge in [0.15, 0.2) is 17.3 Å². The number of H-pyrrole nitrogens is 1. The summed E-state index contributed by atoms with van der Waals surface area (Å²) in [7, 11) is 1.23. The minimum Gasteiger partial charge on any atom is -0.504 e. The quantitative estimate of drug-likeness (QED) is 0.789. The molecule has 0 fully saturated rings. The number of aromatic amines is 1. The Kier molecular flexibility index (Phi) is 3.12. The predicted molar refractivity (Wildman–Crippen MR) is 63.9 cm³/mol. The smallest absolute Gasteiger partial charge is 0.353 e. The maximum Gasteiger partial charge on any atom is 0.353 e. The predicted octanol–water partition coefficient (Wildman–Crippen LogP) is 1.94. The van der Waals surface area contributed by atoms with Gasteiger partial charge in [0.2, 0.25) is 0 Å². The lowest BCUT2D eigenvalue weighted by Gasteiger charge is -2.10. The number of hydrogen-bond donors (Lipinski definition) is 3. The molecule has 0 radical (unpaired) electrons. The Morgan fingerprint density at radius 3 is 2.68 bits per heavy atom. The number of carbonyl (C=O) groups is 1. The van der Waals surface area contributed by atoms with Crippen LogP contribution in [0.1, 0.15) is 16.1 Å². The molecular weight excluding hydrogens is 255 g/mol. The van der Waals surface area contributed by atoms with Crippen molar-refractivity contribution in [3.63, 3.8) is 0 Å². The second kappa shape index (κ2) is 4.60. The van der Waals surface area contributed by atoms with Crippen LogP contribution in [0.25, 0.3) is 11.3 Å². The number of hydrogen-bond acceptors (Lipinski definition) is 4. The van der Waals surface area contributed by atoms with Gasteiger partial charge in [-0.3, -0.25) is 5.10 Å². The van der Waals surface area contributed by atoms with Crippen LogP contribution in [-0.4, -0.2) is 33.5 Å². The maximum absolute atomic E-state index is 14.1. The van der Waals surface area contributed by atoms with Crippen molar-refractivity contribution in [1.82, 2.24) is 10.2 Å². The van der Waals surface area contributed by atoms with Gasteiger partial charge in [-0.05, 0) is 24.6 Å². The van der Waals surface area contributed by atoms with Crippen molar-refractivity contribution < 1.29 is 24.1 Å². The van der Waals surface area contributed by atoms with Crippen LogP contribution in [0, 0.1) is 12.7 Å². The summed E-state index contributed by atoms with van der Waals surface area (Å²) >= 11 is 0. The van der Waals surface area contributed by atoms with E-state index in [1.165, 1.54) is 19.2 Å². The highest BCUT2D eigenvalue weighted by Gasteiger charge is 2.20. The molecule has 0 bridgehead atoms. The van der Waals surface area contributed by atoms with Crippen LogP contribution >= 0.6 is 0 Å². The Hall–Kier alpha value is -2.57. The zero-order valence-corrected chi connectivity index (χ0v) is 10.2. The summed E-state index contributed by atoms with van der Waals surface area (Å²) in [6.07, 6.45) is 0. The van der Waals surface area contributed by atoms with Crippen molar-refractivity contribution in [2.45, 2.75) is 6.92 Å². The Morgan fingerprint density at radius 1 is 1.47 bits per heavy atom. The highest BCUT2D eigenvalue weighted by Crippen LogP contribution is 2.38. The number of nitrogens with zero attached hydrogens (tertiary/aromatic N) is 1. The zero-order valence-electron chi connectivity index (χ0n) is 10.2. The second-order valence-corrected chi connectivity index (χ2v) is 3.91. The van der Waals surface area contributed by atoms with E-state index in [1.54, 1.807) is 6.92 Å². The van der Waals surface area contributed by atoms with Crippen molar-refractivity contribution in [1.29, 1.82) is 0 Å². The minimum absolute atomic E-state index is 0.0518. The molecule has 0 saturated carbocycles. The number of benzene rings is 1. The lowest BCUT2D eigenvalue weighted by Crippen LogP contribution is -1.95. The Bertz CT molecular complexity index is 651. The molecule has 0 aliphatic rings. The van der Waals surface area contributed by atoms with Gasteiger partial charge in [0.25, 0.3) is 0 Å². The molecule has 6 nitrogen and oxygen atoms in total. The Morgan fingerprint density at radius 2 is 2.16 bits per heavy atom. The van der Waals surface area contributed by atoms with Crippen LogP contribution in [0.4, 0.5) is 4.39 Å². The van der Waals surface area contributed by atoms with E-state index in [9.17, 15) is 14.3 Å². The van der Waals surface area contributed by atoms with E-state index in [2.05, 4.69) is 10.2 Å². The number of aryl methyl sites for hydroxylation is 1. The number of halogens is 1. The van der Waals surface area contributed by atoms with Crippen LogP contribution in [0.15, 0.2) is 12.1 Å². The van der Waals surface area contributed by atoms with Gasteiger partial charge in [0.05, 0.1) is 12.8 Å². The molecule has 2 rings (SSSR count). The fraction of sp³-hybridized carbons (Fsp3) is 0.167. The third-order valence-electron chi connectivity index (χ3n) is 2.67. The van der Waals surface area contributed by atoms with Crippen LogP contribution in [0.5, 0.6) is 11.5 Å². The summed E-state index contributed by atoms with van der Waals surface area (Å²) in [5, 5.41) is 24.5. The first kappa shape index (κ1) is 12.9. The highest BCUT2D eigenvalue weighted by atomic mass is 19.1. The third-order valence-corrected chi connectivity index (χ3v) is 2.67. The maximum atomic E-state index is 14.1. The molecule has 3 N–H and O–H groups in total.